The van der Waals surface area contributed by atoms with Gasteiger partial charge in [-0.2, -0.15) is 0 Å². The Balaban J connectivity index is 1.53. The van der Waals surface area contributed by atoms with Gasteiger partial charge in [0.25, 0.3) is 5.91 Å². The van der Waals surface area contributed by atoms with Gasteiger partial charge in [-0.05, 0) is 49.1 Å². The van der Waals surface area contributed by atoms with Gasteiger partial charge < -0.3 is 15.5 Å². The van der Waals surface area contributed by atoms with Gasteiger partial charge in [-0.15, -0.1) is 0 Å². The quantitative estimate of drug-likeness (QED) is 0.839. The molecule has 0 aliphatic carbocycles. The summed E-state index contributed by atoms with van der Waals surface area (Å²) in [6.45, 7) is 5.75. The van der Waals surface area contributed by atoms with Crippen LogP contribution in [0, 0.1) is 5.92 Å². The fourth-order valence-electron chi connectivity index (χ4n) is 3.21. The summed E-state index contributed by atoms with van der Waals surface area (Å²) >= 11 is 0. The molecule has 5 heteroatoms. The van der Waals surface area contributed by atoms with Crippen molar-refractivity contribution < 1.29 is 4.79 Å². The van der Waals surface area contributed by atoms with E-state index in [9.17, 15) is 4.79 Å². The maximum Gasteiger partial charge on any atom is 0.253 e. The van der Waals surface area contributed by atoms with Crippen molar-refractivity contribution >= 4 is 11.7 Å². The summed E-state index contributed by atoms with van der Waals surface area (Å²) in [5, 5.41) is 6.09. The largest absolute Gasteiger partial charge is 0.357 e. The van der Waals surface area contributed by atoms with Crippen LogP contribution in [0.15, 0.2) is 42.6 Å². The molecule has 2 heterocycles. The number of hydrogen-bond acceptors (Lipinski definition) is 4. The minimum absolute atomic E-state index is 0.0874. The minimum atomic E-state index is -0.0874. The Bertz CT molecular complexity index is 704. The van der Waals surface area contributed by atoms with E-state index < -0.39 is 0 Å². The molecule has 0 atom stereocenters. The van der Waals surface area contributed by atoms with Gasteiger partial charge in [0.1, 0.15) is 5.82 Å². The predicted molar refractivity (Wildman–Crippen MR) is 105 cm³/mol. The highest BCUT2D eigenvalue weighted by molar-refractivity contribution is 5.94. The molecule has 5 nitrogen and oxygen atoms in total. The Labute approximate surface area is 155 Å². The summed E-state index contributed by atoms with van der Waals surface area (Å²) in [4.78, 5) is 19.1. The summed E-state index contributed by atoms with van der Waals surface area (Å²) < 4.78 is 0. The predicted octanol–water partition coefficient (Wildman–Crippen LogP) is 2.97. The van der Waals surface area contributed by atoms with Crippen LogP contribution in [-0.4, -0.2) is 31.0 Å². The molecule has 1 aliphatic heterocycles. The second kappa shape index (κ2) is 8.81. The zero-order valence-corrected chi connectivity index (χ0v) is 15.7. The topological polar surface area (TPSA) is 57.3 Å². The van der Waals surface area contributed by atoms with Crippen molar-refractivity contribution in [1.29, 1.82) is 0 Å². The van der Waals surface area contributed by atoms with Crippen molar-refractivity contribution in [3.63, 3.8) is 0 Å². The van der Waals surface area contributed by atoms with Crippen molar-refractivity contribution in [1.82, 2.24) is 15.6 Å². The van der Waals surface area contributed by atoms with Gasteiger partial charge in [-0.25, -0.2) is 4.98 Å². The molecule has 0 saturated carbocycles. The summed E-state index contributed by atoms with van der Waals surface area (Å²) in [5.74, 6) is 1.67. The second-order valence-electron chi connectivity index (χ2n) is 7.10. The first kappa shape index (κ1) is 18.4. The van der Waals surface area contributed by atoms with E-state index in [-0.39, 0.29) is 5.91 Å². The standard InChI is InChI=1S/C21H28N4O/c1-16-9-11-25(12-10-16)20-8-7-19(15-23-20)21(26)24-14-18-5-3-17(4-6-18)13-22-2/h3-8,15-16,22H,9-14H2,1-2H3,(H,24,26). The van der Waals surface area contributed by atoms with Crippen LogP contribution in [0.3, 0.4) is 0 Å². The van der Waals surface area contributed by atoms with Crippen molar-refractivity contribution in [2.75, 3.05) is 25.0 Å². The highest BCUT2D eigenvalue weighted by atomic mass is 16.1. The maximum absolute atomic E-state index is 12.3. The summed E-state index contributed by atoms with van der Waals surface area (Å²) in [6.07, 6.45) is 4.09. The molecule has 26 heavy (non-hydrogen) atoms. The molecular weight excluding hydrogens is 324 g/mol. The van der Waals surface area contributed by atoms with E-state index in [1.807, 2.05) is 31.3 Å². The fraction of sp³-hybridized carbons (Fsp3) is 0.429. The number of nitrogens with one attached hydrogen (secondary N) is 2. The van der Waals surface area contributed by atoms with E-state index in [4.69, 9.17) is 0 Å². The van der Waals surface area contributed by atoms with E-state index in [0.29, 0.717) is 12.1 Å². The number of aromatic nitrogens is 1. The van der Waals surface area contributed by atoms with Crippen LogP contribution in [0.4, 0.5) is 5.82 Å². The number of nitrogens with zero attached hydrogens (tertiary/aromatic N) is 2. The molecule has 0 unspecified atom stereocenters. The molecule has 138 valence electrons. The van der Waals surface area contributed by atoms with Gasteiger partial charge in [-0.1, -0.05) is 31.2 Å². The Morgan fingerprint density at radius 3 is 2.31 bits per heavy atom. The number of anilines is 1. The summed E-state index contributed by atoms with van der Waals surface area (Å²) in [5.41, 5.74) is 2.92. The van der Waals surface area contributed by atoms with E-state index in [0.717, 1.165) is 36.9 Å². The number of hydrogen-bond donors (Lipinski definition) is 2. The van der Waals surface area contributed by atoms with Gasteiger partial charge in [0.05, 0.1) is 5.56 Å². The van der Waals surface area contributed by atoms with Gasteiger partial charge in [0, 0.05) is 32.4 Å². The first-order valence-corrected chi connectivity index (χ1v) is 9.37. The molecule has 1 fully saturated rings. The first-order chi connectivity index (χ1) is 12.7. The molecule has 1 saturated heterocycles. The van der Waals surface area contributed by atoms with Crippen LogP contribution >= 0.6 is 0 Å². The average Bonchev–Trinajstić information content (AvgIpc) is 2.68. The van der Waals surface area contributed by atoms with Crippen molar-refractivity contribution in [3.05, 3.63) is 59.3 Å². The van der Waals surface area contributed by atoms with Gasteiger partial charge in [0.2, 0.25) is 0 Å². The van der Waals surface area contributed by atoms with E-state index in [2.05, 4.69) is 39.6 Å². The minimum Gasteiger partial charge on any atom is -0.357 e. The van der Waals surface area contributed by atoms with Crippen molar-refractivity contribution in [3.8, 4) is 0 Å². The van der Waals surface area contributed by atoms with Crippen LogP contribution in [0.1, 0.15) is 41.3 Å². The molecule has 1 aliphatic rings. The normalized spacial score (nSPS) is 15.1. The summed E-state index contributed by atoms with van der Waals surface area (Å²) in [6, 6.07) is 12.1. The van der Waals surface area contributed by atoms with Crippen LogP contribution in [0.2, 0.25) is 0 Å². The summed E-state index contributed by atoms with van der Waals surface area (Å²) in [7, 11) is 1.93. The first-order valence-electron chi connectivity index (χ1n) is 9.37. The number of pyridine rings is 1. The maximum atomic E-state index is 12.3. The number of benzene rings is 1. The molecule has 1 amide bonds. The van der Waals surface area contributed by atoms with E-state index in [1.165, 1.54) is 18.4 Å². The fourth-order valence-corrected chi connectivity index (χ4v) is 3.21. The van der Waals surface area contributed by atoms with Crippen molar-refractivity contribution in [2.45, 2.75) is 32.9 Å². The number of carbonyl (C=O) groups excluding carboxylic acids is 1. The van der Waals surface area contributed by atoms with Crippen LogP contribution in [0.5, 0.6) is 0 Å². The van der Waals surface area contributed by atoms with Crippen molar-refractivity contribution in [2.24, 2.45) is 5.92 Å². The zero-order valence-electron chi connectivity index (χ0n) is 15.7. The number of piperidine rings is 1. The third-order valence-corrected chi connectivity index (χ3v) is 4.97. The SMILES string of the molecule is CNCc1ccc(CNC(=O)c2ccc(N3CCC(C)CC3)nc2)cc1. The average molecular weight is 352 g/mol. The monoisotopic (exact) mass is 352 g/mol. The molecule has 1 aromatic carbocycles. The Morgan fingerprint density at radius 1 is 1.08 bits per heavy atom. The van der Waals surface area contributed by atoms with Crippen LogP contribution in [0.25, 0.3) is 0 Å². The lowest BCUT2D eigenvalue weighted by atomic mass is 9.99. The highest BCUT2D eigenvalue weighted by Crippen LogP contribution is 2.21. The number of rotatable bonds is 6. The molecule has 0 radical (unpaired) electrons. The highest BCUT2D eigenvalue weighted by Gasteiger charge is 2.17. The Kier molecular flexibility index (Phi) is 6.23. The lowest BCUT2D eigenvalue weighted by Gasteiger charge is -2.31. The zero-order chi connectivity index (χ0) is 18.4. The van der Waals surface area contributed by atoms with Crippen LogP contribution in [-0.2, 0) is 13.1 Å². The van der Waals surface area contributed by atoms with Gasteiger partial charge >= 0.3 is 0 Å². The lowest BCUT2D eigenvalue weighted by Crippen LogP contribution is -2.33. The Morgan fingerprint density at radius 2 is 1.73 bits per heavy atom. The van der Waals surface area contributed by atoms with Gasteiger partial charge in [-0.3, -0.25) is 4.79 Å². The lowest BCUT2D eigenvalue weighted by molar-refractivity contribution is 0.0950. The molecule has 2 N–H and O–H groups in total. The molecule has 0 bridgehead atoms. The molecular formula is C21H28N4O. The van der Waals surface area contributed by atoms with E-state index in [1.54, 1.807) is 6.20 Å². The third kappa shape index (κ3) is 4.82. The van der Waals surface area contributed by atoms with Crippen LogP contribution < -0.4 is 15.5 Å². The molecule has 1 aromatic heterocycles. The molecule has 2 aromatic rings. The smallest absolute Gasteiger partial charge is 0.253 e. The number of amides is 1. The third-order valence-electron chi connectivity index (χ3n) is 4.97. The Hall–Kier alpha value is -2.40. The molecule has 0 spiro atoms. The second-order valence-corrected chi connectivity index (χ2v) is 7.10. The van der Waals surface area contributed by atoms with E-state index >= 15 is 0 Å². The number of carbonyl (C=O) groups is 1. The molecule has 3 rings (SSSR count). The van der Waals surface area contributed by atoms with Gasteiger partial charge in [0.15, 0.2) is 0 Å².